The first kappa shape index (κ1) is 13.1. The largest absolute Gasteiger partial charge is 0.463 e. The second-order valence-corrected chi connectivity index (χ2v) is 3.84. The number of aromatic nitrogens is 5. The fraction of sp³-hybridized carbons (Fsp3) is 0.455. The minimum atomic E-state index is 0.141. The summed E-state index contributed by atoms with van der Waals surface area (Å²) in [5, 5.41) is 7.15. The number of hydrogen-bond acceptors (Lipinski definition) is 7. The molecule has 102 valence electrons. The van der Waals surface area contributed by atoms with Crippen LogP contribution in [0.15, 0.2) is 18.5 Å². The van der Waals surface area contributed by atoms with Gasteiger partial charge in [-0.05, 0) is 12.5 Å². The Morgan fingerprint density at radius 2 is 2.26 bits per heavy atom. The van der Waals surface area contributed by atoms with Crippen LogP contribution in [0.2, 0.25) is 0 Å². The van der Waals surface area contributed by atoms with Gasteiger partial charge in [-0.1, -0.05) is 6.92 Å². The summed E-state index contributed by atoms with van der Waals surface area (Å²) in [6, 6.07) is 2.12. The highest BCUT2D eigenvalue weighted by atomic mass is 16.5. The van der Waals surface area contributed by atoms with Crippen molar-refractivity contribution in [3.63, 3.8) is 0 Å². The van der Waals surface area contributed by atoms with Gasteiger partial charge in [0.2, 0.25) is 11.9 Å². The zero-order valence-corrected chi connectivity index (χ0v) is 10.8. The lowest BCUT2D eigenvalue weighted by Gasteiger charge is -2.07. The summed E-state index contributed by atoms with van der Waals surface area (Å²) in [6.45, 7) is 3.91. The molecule has 2 rings (SSSR count). The number of nitrogens with two attached hydrogens (primary N) is 1. The molecule has 0 amide bonds. The van der Waals surface area contributed by atoms with E-state index in [1.165, 1.54) is 0 Å². The summed E-state index contributed by atoms with van der Waals surface area (Å²) in [5.74, 6) is 0.549. The van der Waals surface area contributed by atoms with Crippen LogP contribution in [0.4, 0.5) is 11.9 Å². The molecule has 0 fully saturated rings. The summed E-state index contributed by atoms with van der Waals surface area (Å²) in [7, 11) is 0. The summed E-state index contributed by atoms with van der Waals surface area (Å²) in [4.78, 5) is 12.0. The molecule has 0 atom stereocenters. The maximum atomic E-state index is 5.60. The van der Waals surface area contributed by atoms with Crippen LogP contribution in [-0.4, -0.2) is 37.9 Å². The molecule has 0 unspecified atom stereocenters. The van der Waals surface area contributed by atoms with Gasteiger partial charge < -0.3 is 15.8 Å². The number of hydrogen-bond donors (Lipinski definition) is 2. The second-order valence-electron chi connectivity index (χ2n) is 3.84. The number of ether oxygens (including phenoxy) is 1. The highest BCUT2D eigenvalue weighted by molar-refractivity contribution is 5.32. The van der Waals surface area contributed by atoms with Crippen molar-refractivity contribution in [2.24, 2.45) is 0 Å². The number of nitrogen functional groups attached to an aromatic ring is 1. The molecule has 0 bridgehead atoms. The van der Waals surface area contributed by atoms with Crippen molar-refractivity contribution in [3.05, 3.63) is 18.5 Å². The first-order valence-electron chi connectivity index (χ1n) is 6.13. The molecule has 0 aliphatic heterocycles. The van der Waals surface area contributed by atoms with E-state index >= 15 is 0 Å². The van der Waals surface area contributed by atoms with Gasteiger partial charge in [-0.15, -0.1) is 0 Å². The minimum Gasteiger partial charge on any atom is -0.463 e. The molecule has 0 spiro atoms. The molecule has 8 heteroatoms. The maximum absolute atomic E-state index is 5.60. The van der Waals surface area contributed by atoms with E-state index in [4.69, 9.17) is 10.5 Å². The van der Waals surface area contributed by atoms with Crippen molar-refractivity contribution in [1.82, 2.24) is 24.7 Å². The van der Waals surface area contributed by atoms with Gasteiger partial charge in [0.05, 0.1) is 13.2 Å². The zero-order chi connectivity index (χ0) is 13.5. The normalized spacial score (nSPS) is 10.4. The van der Waals surface area contributed by atoms with Gasteiger partial charge in [0, 0.05) is 18.9 Å². The molecule has 0 aliphatic rings. The van der Waals surface area contributed by atoms with Crippen LogP contribution < -0.4 is 15.8 Å². The average Bonchev–Trinajstić information content (AvgIpc) is 2.89. The summed E-state index contributed by atoms with van der Waals surface area (Å²) < 4.78 is 7.14. The maximum Gasteiger partial charge on any atom is 0.323 e. The van der Waals surface area contributed by atoms with E-state index in [2.05, 4.69) is 25.4 Å². The lowest BCUT2D eigenvalue weighted by molar-refractivity contribution is 0.292. The third kappa shape index (κ3) is 4.09. The lowest BCUT2D eigenvalue weighted by Crippen LogP contribution is -2.14. The van der Waals surface area contributed by atoms with E-state index in [0.29, 0.717) is 25.6 Å². The van der Waals surface area contributed by atoms with Gasteiger partial charge >= 0.3 is 6.01 Å². The molecular formula is C11H17N7O. The third-order valence-corrected chi connectivity index (χ3v) is 2.25. The van der Waals surface area contributed by atoms with Gasteiger partial charge in [0.15, 0.2) is 0 Å². The standard InChI is InChI=1S/C11H17N7O/c1-2-8-19-11-16-9(12)15-10(17-11)13-5-7-18-6-3-4-14-18/h3-4,6H,2,5,7-8H2,1H3,(H3,12,13,15,16,17). The molecule has 0 saturated heterocycles. The van der Waals surface area contributed by atoms with E-state index in [1.807, 2.05) is 23.9 Å². The zero-order valence-electron chi connectivity index (χ0n) is 10.8. The Labute approximate surface area is 111 Å². The van der Waals surface area contributed by atoms with Gasteiger partial charge in [0.1, 0.15) is 0 Å². The Balaban J connectivity index is 1.90. The number of rotatable bonds is 7. The molecule has 3 N–H and O–H groups in total. The van der Waals surface area contributed by atoms with Gasteiger partial charge in [-0.25, -0.2) is 0 Å². The molecule has 0 aliphatic carbocycles. The average molecular weight is 263 g/mol. The molecule has 2 heterocycles. The van der Waals surface area contributed by atoms with Crippen molar-refractivity contribution in [3.8, 4) is 6.01 Å². The summed E-state index contributed by atoms with van der Waals surface area (Å²) in [6.07, 6.45) is 4.50. The van der Waals surface area contributed by atoms with Crippen LogP contribution in [0.1, 0.15) is 13.3 Å². The van der Waals surface area contributed by atoms with Crippen LogP contribution in [0.5, 0.6) is 6.01 Å². The van der Waals surface area contributed by atoms with Gasteiger partial charge in [-0.3, -0.25) is 4.68 Å². The first-order valence-corrected chi connectivity index (χ1v) is 6.13. The van der Waals surface area contributed by atoms with Gasteiger partial charge in [0.25, 0.3) is 0 Å². The molecule has 2 aromatic heterocycles. The van der Waals surface area contributed by atoms with Crippen molar-refractivity contribution < 1.29 is 4.74 Å². The van der Waals surface area contributed by atoms with Crippen LogP contribution in [0.3, 0.4) is 0 Å². The number of anilines is 2. The smallest absolute Gasteiger partial charge is 0.323 e. The van der Waals surface area contributed by atoms with E-state index in [-0.39, 0.29) is 12.0 Å². The highest BCUT2D eigenvalue weighted by Gasteiger charge is 2.04. The molecular weight excluding hydrogens is 246 g/mol. The fourth-order valence-electron chi connectivity index (χ4n) is 1.42. The van der Waals surface area contributed by atoms with Crippen molar-refractivity contribution >= 4 is 11.9 Å². The van der Waals surface area contributed by atoms with Crippen LogP contribution in [-0.2, 0) is 6.54 Å². The summed E-state index contributed by atoms with van der Waals surface area (Å²) >= 11 is 0. The van der Waals surface area contributed by atoms with Crippen molar-refractivity contribution in [2.75, 3.05) is 24.2 Å². The molecule has 0 saturated carbocycles. The van der Waals surface area contributed by atoms with Crippen molar-refractivity contribution in [1.29, 1.82) is 0 Å². The van der Waals surface area contributed by atoms with Crippen LogP contribution in [0.25, 0.3) is 0 Å². The Hall–Kier alpha value is -2.38. The monoisotopic (exact) mass is 263 g/mol. The van der Waals surface area contributed by atoms with E-state index < -0.39 is 0 Å². The molecule has 0 radical (unpaired) electrons. The third-order valence-electron chi connectivity index (χ3n) is 2.25. The first-order chi connectivity index (χ1) is 9.28. The fourth-order valence-corrected chi connectivity index (χ4v) is 1.42. The van der Waals surface area contributed by atoms with E-state index in [9.17, 15) is 0 Å². The number of nitrogens with zero attached hydrogens (tertiary/aromatic N) is 5. The minimum absolute atomic E-state index is 0.141. The Kier molecular flexibility index (Phi) is 4.49. The lowest BCUT2D eigenvalue weighted by atomic mass is 10.5. The molecule has 19 heavy (non-hydrogen) atoms. The topological polar surface area (TPSA) is 104 Å². The Bertz CT molecular complexity index is 500. The number of nitrogens with one attached hydrogen (secondary N) is 1. The van der Waals surface area contributed by atoms with Gasteiger partial charge in [-0.2, -0.15) is 20.1 Å². The van der Waals surface area contributed by atoms with Crippen LogP contribution in [0, 0.1) is 0 Å². The molecule has 8 nitrogen and oxygen atoms in total. The second kappa shape index (κ2) is 6.53. The predicted molar refractivity (Wildman–Crippen MR) is 70.7 cm³/mol. The SMILES string of the molecule is CCCOc1nc(N)nc(NCCn2cccn2)n1. The van der Waals surface area contributed by atoms with E-state index in [1.54, 1.807) is 6.20 Å². The highest BCUT2D eigenvalue weighted by Crippen LogP contribution is 2.08. The Morgan fingerprint density at radius 1 is 1.37 bits per heavy atom. The molecule has 2 aromatic rings. The molecule has 0 aromatic carbocycles. The van der Waals surface area contributed by atoms with Crippen molar-refractivity contribution in [2.45, 2.75) is 19.9 Å². The predicted octanol–water partition coefficient (Wildman–Crippen LogP) is 0.551. The quantitative estimate of drug-likeness (QED) is 0.751. The Morgan fingerprint density at radius 3 is 3.00 bits per heavy atom. The van der Waals surface area contributed by atoms with Crippen LogP contribution >= 0.6 is 0 Å². The summed E-state index contributed by atoms with van der Waals surface area (Å²) in [5.41, 5.74) is 5.60. The van der Waals surface area contributed by atoms with E-state index in [0.717, 1.165) is 6.42 Å².